The first-order valence-corrected chi connectivity index (χ1v) is 8.40. The number of nitrogens with zero attached hydrogens (tertiary/aromatic N) is 3. The number of hydrogen-bond acceptors (Lipinski definition) is 7. The van der Waals surface area contributed by atoms with E-state index < -0.39 is 17.5 Å². The second-order valence-corrected chi connectivity index (χ2v) is 6.25. The maximum atomic E-state index is 12.6. The van der Waals surface area contributed by atoms with Crippen LogP contribution in [0.4, 0.5) is 5.69 Å². The number of nitrogens with one attached hydrogen (secondary N) is 2. The Kier molecular flexibility index (Phi) is 4.17. The summed E-state index contributed by atoms with van der Waals surface area (Å²) in [5, 5.41) is 21.7. The van der Waals surface area contributed by atoms with Crippen LogP contribution in [0, 0.1) is 4.77 Å². The first kappa shape index (κ1) is 17.5. The highest BCUT2D eigenvalue weighted by Crippen LogP contribution is 2.27. The van der Waals surface area contributed by atoms with Crippen LogP contribution in [0.1, 0.15) is 31.1 Å². The molecule has 0 radical (unpaired) electrons. The molecule has 3 N–H and O–H groups in total. The molecule has 1 aliphatic rings. The van der Waals surface area contributed by atoms with Gasteiger partial charge in [-0.3, -0.25) is 14.4 Å². The number of carbonyl (C=O) groups excluding carboxylic acids is 3. The van der Waals surface area contributed by atoms with Gasteiger partial charge in [0.1, 0.15) is 5.57 Å². The summed E-state index contributed by atoms with van der Waals surface area (Å²) in [5.74, 6) is -1.64. The van der Waals surface area contributed by atoms with Crippen LogP contribution in [0.2, 0.25) is 0 Å². The van der Waals surface area contributed by atoms with E-state index in [4.69, 9.17) is 17.3 Å². The van der Waals surface area contributed by atoms with Crippen LogP contribution in [0.5, 0.6) is 0 Å². The normalized spacial score (nSPS) is 14.4. The SMILES string of the molecule is O=C(Nc1cccc(-n2[nH]nnc2=S)c1)c1ccc2c(c1)C(=O)/C(=C\O)C2=O. The third-order valence-electron chi connectivity index (χ3n) is 4.22. The fourth-order valence-corrected chi connectivity index (χ4v) is 3.06. The maximum absolute atomic E-state index is 12.6. The minimum absolute atomic E-state index is 0.0848. The van der Waals surface area contributed by atoms with Gasteiger partial charge in [0.05, 0.1) is 11.9 Å². The summed E-state index contributed by atoms with van der Waals surface area (Å²) in [4.78, 5) is 36.8. The summed E-state index contributed by atoms with van der Waals surface area (Å²) in [6, 6.07) is 11.0. The standard InChI is InChI=1S/C18H11N5O4S/c24-8-14-15(25)12-5-4-9(6-13(12)16(14)26)17(27)19-10-2-1-3-11(7-10)23-18(28)20-21-22-23/h1-8,24H,(H,19,27)(H,20,22,28)/b14-8-. The third kappa shape index (κ3) is 2.81. The van der Waals surface area contributed by atoms with Crippen molar-refractivity contribution >= 4 is 35.4 Å². The highest BCUT2D eigenvalue weighted by atomic mass is 32.1. The van der Waals surface area contributed by atoms with Gasteiger partial charge in [0, 0.05) is 22.4 Å². The molecule has 0 saturated heterocycles. The number of ketones is 2. The summed E-state index contributed by atoms with van der Waals surface area (Å²) < 4.78 is 1.70. The molecule has 1 amide bonds. The van der Waals surface area contributed by atoms with E-state index >= 15 is 0 Å². The number of H-pyrrole nitrogens is 1. The van der Waals surface area contributed by atoms with E-state index in [1.165, 1.54) is 22.9 Å². The zero-order valence-electron chi connectivity index (χ0n) is 14.0. The Bertz CT molecular complexity index is 1240. The van der Waals surface area contributed by atoms with E-state index in [9.17, 15) is 14.4 Å². The molecule has 28 heavy (non-hydrogen) atoms. The third-order valence-corrected chi connectivity index (χ3v) is 4.49. The average molecular weight is 393 g/mol. The lowest BCUT2D eigenvalue weighted by molar-refractivity contribution is 0.0982. The van der Waals surface area contributed by atoms with Gasteiger partial charge < -0.3 is 10.4 Å². The van der Waals surface area contributed by atoms with Crippen molar-refractivity contribution in [2.75, 3.05) is 5.32 Å². The number of aliphatic hydroxyl groups excluding tert-OH is 1. The monoisotopic (exact) mass is 393 g/mol. The van der Waals surface area contributed by atoms with Crippen LogP contribution in [0.3, 0.4) is 0 Å². The van der Waals surface area contributed by atoms with E-state index in [1.807, 2.05) is 0 Å². The number of rotatable bonds is 3. The van der Waals surface area contributed by atoms with Gasteiger partial charge in [-0.2, -0.15) is 5.21 Å². The number of aromatic nitrogens is 4. The van der Waals surface area contributed by atoms with Gasteiger partial charge in [-0.05, 0) is 48.6 Å². The van der Waals surface area contributed by atoms with Crippen LogP contribution in [-0.2, 0) is 0 Å². The molecule has 3 aromatic rings. The molecule has 2 aromatic carbocycles. The number of carbonyl (C=O) groups is 3. The van der Waals surface area contributed by atoms with Crippen molar-refractivity contribution in [1.82, 2.24) is 20.2 Å². The number of aliphatic hydroxyl groups is 1. The first-order chi connectivity index (χ1) is 13.5. The lowest BCUT2D eigenvalue weighted by Gasteiger charge is -2.08. The molecule has 0 bridgehead atoms. The Morgan fingerprint density at radius 3 is 2.64 bits per heavy atom. The predicted octanol–water partition coefficient (Wildman–Crippen LogP) is 2.40. The molecule has 0 unspecified atom stereocenters. The van der Waals surface area contributed by atoms with Crippen LogP contribution in [-0.4, -0.2) is 42.8 Å². The fraction of sp³-hybridized carbons (Fsp3) is 0. The molecule has 0 atom stereocenters. The molecule has 1 aliphatic carbocycles. The van der Waals surface area contributed by atoms with Gasteiger partial charge >= 0.3 is 0 Å². The molecule has 1 heterocycles. The van der Waals surface area contributed by atoms with Gasteiger partial charge in [-0.15, -0.1) is 0 Å². The number of anilines is 1. The van der Waals surface area contributed by atoms with Crippen molar-refractivity contribution in [3.05, 3.63) is 75.8 Å². The summed E-state index contributed by atoms with van der Waals surface area (Å²) in [7, 11) is 0. The van der Waals surface area contributed by atoms with Crippen LogP contribution in [0.15, 0.2) is 54.3 Å². The van der Waals surface area contributed by atoms with Gasteiger partial charge in [-0.1, -0.05) is 16.4 Å². The summed E-state index contributed by atoms with van der Waals surface area (Å²) in [6.07, 6.45) is 0.491. The first-order valence-electron chi connectivity index (χ1n) is 7.99. The molecule has 138 valence electrons. The van der Waals surface area contributed by atoms with Gasteiger partial charge in [0.2, 0.25) is 16.3 Å². The topological polar surface area (TPSA) is 130 Å². The van der Waals surface area contributed by atoms with Crippen molar-refractivity contribution in [3.8, 4) is 5.69 Å². The minimum atomic E-state index is -0.611. The Morgan fingerprint density at radius 2 is 1.93 bits per heavy atom. The fourth-order valence-electron chi connectivity index (χ4n) is 2.87. The van der Waals surface area contributed by atoms with E-state index in [-0.39, 0.29) is 27.0 Å². The van der Waals surface area contributed by atoms with Gasteiger partial charge in [-0.25, -0.2) is 4.68 Å². The van der Waals surface area contributed by atoms with Gasteiger partial charge in [0.25, 0.3) is 5.91 Å². The summed E-state index contributed by atoms with van der Waals surface area (Å²) in [6.45, 7) is 0. The van der Waals surface area contributed by atoms with Gasteiger partial charge in [0.15, 0.2) is 0 Å². The van der Waals surface area contributed by atoms with E-state index in [0.29, 0.717) is 17.6 Å². The molecule has 9 nitrogen and oxygen atoms in total. The number of fused-ring (bicyclic) bond motifs is 1. The van der Waals surface area contributed by atoms with Crippen molar-refractivity contribution in [2.24, 2.45) is 0 Å². The number of hydrogen-bond donors (Lipinski definition) is 3. The van der Waals surface area contributed by atoms with Crippen molar-refractivity contribution in [2.45, 2.75) is 0 Å². The van der Waals surface area contributed by atoms with E-state index in [2.05, 4.69) is 20.8 Å². The number of Topliss-reactive ketones (excluding diaryl/α,β-unsaturated/α-hetero) is 2. The Balaban J connectivity index is 1.62. The van der Waals surface area contributed by atoms with E-state index in [0.717, 1.165) is 0 Å². The number of benzene rings is 2. The molecule has 1 aromatic heterocycles. The zero-order valence-corrected chi connectivity index (χ0v) is 14.9. The highest BCUT2D eigenvalue weighted by molar-refractivity contribution is 7.71. The minimum Gasteiger partial charge on any atom is -0.515 e. The largest absolute Gasteiger partial charge is 0.515 e. The predicted molar refractivity (Wildman–Crippen MR) is 100 cm³/mol. The molecular weight excluding hydrogens is 382 g/mol. The van der Waals surface area contributed by atoms with Crippen LogP contribution < -0.4 is 5.32 Å². The quantitative estimate of drug-likeness (QED) is 0.270. The second kappa shape index (κ2) is 6.67. The smallest absolute Gasteiger partial charge is 0.255 e. The van der Waals surface area contributed by atoms with Crippen molar-refractivity contribution < 1.29 is 19.5 Å². The molecule has 4 rings (SSSR count). The Hall–Kier alpha value is -3.92. The average Bonchev–Trinajstić information content (AvgIpc) is 3.23. The summed E-state index contributed by atoms with van der Waals surface area (Å²) in [5.41, 5.74) is 1.24. The highest BCUT2D eigenvalue weighted by Gasteiger charge is 2.34. The zero-order chi connectivity index (χ0) is 19.8. The summed E-state index contributed by atoms with van der Waals surface area (Å²) >= 11 is 5.05. The molecular formula is C18H11N5O4S. The number of aromatic amines is 1. The molecule has 0 spiro atoms. The lowest BCUT2D eigenvalue weighted by atomic mass is 10.1. The van der Waals surface area contributed by atoms with Crippen LogP contribution in [0.25, 0.3) is 5.69 Å². The Labute approximate surface area is 162 Å². The van der Waals surface area contributed by atoms with Crippen molar-refractivity contribution in [3.63, 3.8) is 0 Å². The maximum Gasteiger partial charge on any atom is 0.255 e. The molecule has 0 fully saturated rings. The van der Waals surface area contributed by atoms with E-state index in [1.54, 1.807) is 24.3 Å². The second-order valence-electron chi connectivity index (χ2n) is 5.88. The van der Waals surface area contributed by atoms with Crippen molar-refractivity contribution in [1.29, 1.82) is 0 Å². The molecule has 0 saturated carbocycles. The number of amides is 1. The number of tetrazole rings is 1. The van der Waals surface area contributed by atoms with Crippen LogP contribution >= 0.6 is 12.2 Å². The lowest BCUT2D eigenvalue weighted by Crippen LogP contribution is -2.13. The Morgan fingerprint density at radius 1 is 1.14 bits per heavy atom. The molecule has 10 heteroatoms. The molecule has 0 aliphatic heterocycles. The number of allylic oxidation sites excluding steroid dienone is 1.